The van der Waals surface area contributed by atoms with Gasteiger partial charge in [0.05, 0.1) is 19.3 Å². The fourth-order valence-corrected chi connectivity index (χ4v) is 2.19. The average Bonchev–Trinajstić information content (AvgIpc) is 2.25. The van der Waals surface area contributed by atoms with E-state index < -0.39 is 12.1 Å². The summed E-state index contributed by atoms with van der Waals surface area (Å²) >= 11 is 0. The first-order valence-corrected chi connectivity index (χ1v) is 5.94. The zero-order valence-corrected chi connectivity index (χ0v) is 11.2. The number of methoxy groups -OCH3 is 1. The Labute approximate surface area is 113 Å². The molecular formula is C13H20ClNO3. The fourth-order valence-electron chi connectivity index (χ4n) is 2.19. The molecule has 4 nitrogen and oxygen atoms in total. The quantitative estimate of drug-likeness (QED) is 0.784. The van der Waals surface area contributed by atoms with Gasteiger partial charge in [0, 0.05) is 0 Å². The number of benzene rings is 1. The van der Waals surface area contributed by atoms with Crippen LogP contribution in [0.25, 0.3) is 0 Å². The van der Waals surface area contributed by atoms with Crippen molar-refractivity contribution < 1.29 is 14.9 Å². The molecule has 0 aromatic heterocycles. The van der Waals surface area contributed by atoms with Crippen LogP contribution in [0.15, 0.2) is 18.2 Å². The molecule has 0 radical (unpaired) electrons. The number of phenolic OH excluding ortho intramolecular Hbond substituents is 1. The Hall–Kier alpha value is -0.970. The molecule has 1 fully saturated rings. The van der Waals surface area contributed by atoms with Gasteiger partial charge in [-0.05, 0) is 36.5 Å². The second-order valence-electron chi connectivity index (χ2n) is 4.64. The molecule has 0 heterocycles. The highest BCUT2D eigenvalue weighted by molar-refractivity contribution is 5.85. The number of phenols is 1. The number of aliphatic hydroxyl groups excluding tert-OH is 1. The Morgan fingerprint density at radius 3 is 2.50 bits per heavy atom. The van der Waals surface area contributed by atoms with Gasteiger partial charge in [0.25, 0.3) is 0 Å². The third kappa shape index (κ3) is 2.88. The maximum absolute atomic E-state index is 10.1. The van der Waals surface area contributed by atoms with Gasteiger partial charge in [0.15, 0.2) is 11.5 Å². The van der Waals surface area contributed by atoms with Gasteiger partial charge in [0.1, 0.15) is 0 Å². The molecule has 5 heteroatoms. The Morgan fingerprint density at radius 1 is 1.39 bits per heavy atom. The second kappa shape index (κ2) is 6.27. The van der Waals surface area contributed by atoms with E-state index in [1.54, 1.807) is 18.2 Å². The van der Waals surface area contributed by atoms with E-state index in [4.69, 9.17) is 10.5 Å². The van der Waals surface area contributed by atoms with Gasteiger partial charge in [-0.1, -0.05) is 12.5 Å². The van der Waals surface area contributed by atoms with Crippen LogP contribution in [0.3, 0.4) is 0 Å². The number of halogens is 1. The lowest BCUT2D eigenvalue weighted by Crippen LogP contribution is -2.36. The van der Waals surface area contributed by atoms with E-state index in [2.05, 4.69) is 0 Å². The molecule has 1 aromatic carbocycles. The maximum atomic E-state index is 10.1. The third-order valence-electron chi connectivity index (χ3n) is 3.59. The first kappa shape index (κ1) is 15.1. The maximum Gasteiger partial charge on any atom is 0.160 e. The zero-order valence-electron chi connectivity index (χ0n) is 10.4. The van der Waals surface area contributed by atoms with E-state index in [0.29, 0.717) is 11.7 Å². The number of rotatable bonds is 4. The lowest BCUT2D eigenvalue weighted by molar-refractivity contribution is 0.0413. The molecule has 1 aromatic rings. The first-order chi connectivity index (χ1) is 8.13. The number of ether oxygens (including phenoxy) is 1. The van der Waals surface area contributed by atoms with E-state index in [1.807, 2.05) is 0 Å². The lowest BCUT2D eigenvalue weighted by Gasteiger charge is -2.33. The Balaban J connectivity index is 0.00000162. The number of aromatic hydroxyl groups is 1. The SMILES string of the molecule is COc1ccc([C@H](N)[C@H](O)C2CCC2)cc1O.Cl. The molecule has 18 heavy (non-hydrogen) atoms. The van der Waals surface area contributed by atoms with Crippen molar-refractivity contribution in [3.63, 3.8) is 0 Å². The predicted molar refractivity (Wildman–Crippen MR) is 72.2 cm³/mol. The van der Waals surface area contributed by atoms with Gasteiger partial charge in [-0.3, -0.25) is 0 Å². The Bertz CT molecular complexity index is 396. The molecular weight excluding hydrogens is 254 g/mol. The predicted octanol–water partition coefficient (Wildman–Crippen LogP) is 1.98. The molecule has 2 atom stereocenters. The smallest absolute Gasteiger partial charge is 0.160 e. The summed E-state index contributed by atoms with van der Waals surface area (Å²) in [5.41, 5.74) is 6.75. The van der Waals surface area contributed by atoms with Crippen molar-refractivity contribution in [3.8, 4) is 11.5 Å². The summed E-state index contributed by atoms with van der Waals surface area (Å²) in [6, 6.07) is 4.56. The third-order valence-corrected chi connectivity index (χ3v) is 3.59. The zero-order chi connectivity index (χ0) is 12.4. The summed E-state index contributed by atoms with van der Waals surface area (Å²) in [6.45, 7) is 0. The molecule has 0 aliphatic heterocycles. The summed E-state index contributed by atoms with van der Waals surface area (Å²) in [6.07, 6.45) is 2.72. The van der Waals surface area contributed by atoms with Crippen molar-refractivity contribution in [1.82, 2.24) is 0 Å². The summed E-state index contributed by atoms with van der Waals surface area (Å²) < 4.78 is 4.97. The average molecular weight is 274 g/mol. The van der Waals surface area contributed by atoms with Crippen molar-refractivity contribution in [2.45, 2.75) is 31.4 Å². The van der Waals surface area contributed by atoms with Crippen LogP contribution in [0.4, 0.5) is 0 Å². The molecule has 1 saturated carbocycles. The topological polar surface area (TPSA) is 75.7 Å². The highest BCUT2D eigenvalue weighted by Gasteiger charge is 2.30. The minimum absolute atomic E-state index is 0. The van der Waals surface area contributed by atoms with E-state index in [9.17, 15) is 10.2 Å². The molecule has 102 valence electrons. The monoisotopic (exact) mass is 273 g/mol. The summed E-state index contributed by atoms with van der Waals surface area (Å²) in [4.78, 5) is 0. The fraction of sp³-hybridized carbons (Fsp3) is 0.538. The van der Waals surface area contributed by atoms with Crippen molar-refractivity contribution in [1.29, 1.82) is 0 Å². The highest BCUT2D eigenvalue weighted by atomic mass is 35.5. The molecule has 1 aliphatic rings. The summed E-state index contributed by atoms with van der Waals surface area (Å²) in [5, 5.41) is 19.7. The number of aliphatic hydroxyl groups is 1. The van der Waals surface area contributed by atoms with E-state index in [1.165, 1.54) is 13.5 Å². The van der Waals surface area contributed by atoms with E-state index in [-0.39, 0.29) is 18.2 Å². The highest BCUT2D eigenvalue weighted by Crippen LogP contribution is 2.36. The second-order valence-corrected chi connectivity index (χ2v) is 4.64. The minimum atomic E-state index is -0.531. The Kier molecular flexibility index (Phi) is 5.26. The minimum Gasteiger partial charge on any atom is -0.504 e. The molecule has 0 amide bonds. The van der Waals surface area contributed by atoms with Gasteiger partial charge >= 0.3 is 0 Å². The van der Waals surface area contributed by atoms with Crippen LogP contribution in [0.2, 0.25) is 0 Å². The van der Waals surface area contributed by atoms with Crippen LogP contribution in [-0.4, -0.2) is 23.4 Å². The molecule has 4 N–H and O–H groups in total. The summed E-state index contributed by atoms with van der Waals surface area (Å²) in [7, 11) is 1.50. The standard InChI is InChI=1S/C13H19NO3.ClH/c1-17-11-6-5-9(7-10(11)15)12(14)13(16)8-3-2-4-8;/h5-8,12-13,15-16H,2-4,14H2,1H3;1H/t12-,13+;/m0./s1. The molecule has 0 spiro atoms. The molecule has 0 bridgehead atoms. The number of hydrogen-bond donors (Lipinski definition) is 3. The van der Waals surface area contributed by atoms with Gasteiger partial charge in [0.2, 0.25) is 0 Å². The number of nitrogens with two attached hydrogens (primary N) is 1. The van der Waals surface area contributed by atoms with Crippen LogP contribution in [0, 0.1) is 5.92 Å². The van der Waals surface area contributed by atoms with E-state index in [0.717, 1.165) is 18.4 Å². The van der Waals surface area contributed by atoms with Crippen LogP contribution >= 0.6 is 12.4 Å². The summed E-state index contributed by atoms with van der Waals surface area (Å²) in [5.74, 6) is 0.773. The van der Waals surface area contributed by atoms with Gasteiger partial charge in [-0.25, -0.2) is 0 Å². The molecule has 1 aliphatic carbocycles. The lowest BCUT2D eigenvalue weighted by atomic mass is 9.77. The van der Waals surface area contributed by atoms with Crippen LogP contribution in [-0.2, 0) is 0 Å². The van der Waals surface area contributed by atoms with Gasteiger partial charge < -0.3 is 20.7 Å². The largest absolute Gasteiger partial charge is 0.504 e. The van der Waals surface area contributed by atoms with Crippen LogP contribution < -0.4 is 10.5 Å². The van der Waals surface area contributed by atoms with Gasteiger partial charge in [-0.15, -0.1) is 12.4 Å². The normalized spacial score (nSPS) is 18.4. The first-order valence-electron chi connectivity index (χ1n) is 5.94. The van der Waals surface area contributed by atoms with Crippen LogP contribution in [0.1, 0.15) is 30.9 Å². The molecule has 2 rings (SSSR count). The Morgan fingerprint density at radius 2 is 2.06 bits per heavy atom. The number of hydrogen-bond acceptors (Lipinski definition) is 4. The van der Waals surface area contributed by atoms with Crippen molar-refractivity contribution in [3.05, 3.63) is 23.8 Å². The van der Waals surface area contributed by atoms with Crippen molar-refractivity contribution in [2.75, 3.05) is 7.11 Å². The molecule has 0 saturated heterocycles. The van der Waals surface area contributed by atoms with Crippen molar-refractivity contribution >= 4 is 12.4 Å². The molecule has 0 unspecified atom stereocenters. The van der Waals surface area contributed by atoms with E-state index >= 15 is 0 Å². The van der Waals surface area contributed by atoms with Crippen molar-refractivity contribution in [2.24, 2.45) is 11.7 Å². The van der Waals surface area contributed by atoms with Crippen LogP contribution in [0.5, 0.6) is 11.5 Å². The van der Waals surface area contributed by atoms with Gasteiger partial charge in [-0.2, -0.15) is 0 Å².